The number of hydrogen-bond acceptors (Lipinski definition) is 6. The van der Waals surface area contributed by atoms with Crippen molar-refractivity contribution >= 4 is 5.91 Å². The first kappa shape index (κ1) is 27.3. The lowest BCUT2D eigenvalue weighted by Gasteiger charge is -2.36. The molecule has 7 nitrogen and oxygen atoms in total. The average molecular weight is 473 g/mol. The summed E-state index contributed by atoms with van der Waals surface area (Å²) in [6.07, 6.45) is 2.37. The van der Waals surface area contributed by atoms with E-state index in [1.54, 1.807) is 28.4 Å². The molecule has 1 unspecified atom stereocenters. The van der Waals surface area contributed by atoms with E-state index < -0.39 is 5.41 Å². The number of carbonyl (C=O) groups excluding carboxylic acids is 1. The molecule has 0 aliphatic rings. The van der Waals surface area contributed by atoms with Gasteiger partial charge in [-0.05, 0) is 74.2 Å². The Balaban J connectivity index is 2.08. The van der Waals surface area contributed by atoms with Crippen LogP contribution in [0.25, 0.3) is 0 Å². The van der Waals surface area contributed by atoms with E-state index in [2.05, 4.69) is 18.0 Å². The van der Waals surface area contributed by atoms with Gasteiger partial charge in [0.1, 0.15) is 0 Å². The van der Waals surface area contributed by atoms with Gasteiger partial charge in [-0.15, -0.1) is 0 Å². The Hall–Kier alpha value is -2.93. The lowest BCUT2D eigenvalue weighted by molar-refractivity contribution is -0.125. The summed E-state index contributed by atoms with van der Waals surface area (Å²) in [5.74, 6) is 2.40. The molecule has 2 aromatic carbocycles. The first-order chi connectivity index (χ1) is 16.2. The molecular formula is C27H40N2O5. The lowest BCUT2D eigenvalue weighted by Crippen LogP contribution is -2.46. The lowest BCUT2D eigenvalue weighted by atomic mass is 9.68. The van der Waals surface area contributed by atoms with Crippen LogP contribution in [0.5, 0.6) is 23.0 Å². The van der Waals surface area contributed by atoms with E-state index in [1.165, 1.54) is 5.56 Å². The number of likely N-dealkylation sites (N-methyl/N-ethyl adjacent to an activating group) is 1. The fourth-order valence-electron chi connectivity index (χ4n) is 4.53. The molecule has 0 aliphatic heterocycles. The van der Waals surface area contributed by atoms with Crippen LogP contribution >= 0.6 is 0 Å². The quantitative estimate of drug-likeness (QED) is 0.447. The van der Waals surface area contributed by atoms with E-state index in [4.69, 9.17) is 24.7 Å². The molecule has 2 rings (SSSR count). The number of nitrogens with two attached hydrogens (primary N) is 1. The largest absolute Gasteiger partial charge is 0.493 e. The molecule has 0 saturated carbocycles. The fraction of sp³-hybridized carbons (Fsp3) is 0.519. The molecule has 0 aromatic heterocycles. The molecule has 0 spiro atoms. The summed E-state index contributed by atoms with van der Waals surface area (Å²) in [7, 11) is 8.57. The molecular weight excluding hydrogens is 432 g/mol. The van der Waals surface area contributed by atoms with Crippen molar-refractivity contribution in [3.05, 3.63) is 47.5 Å². The van der Waals surface area contributed by atoms with Gasteiger partial charge in [0, 0.05) is 6.54 Å². The summed E-state index contributed by atoms with van der Waals surface area (Å²) >= 11 is 0. The highest BCUT2D eigenvalue weighted by atomic mass is 16.5. The second-order valence-corrected chi connectivity index (χ2v) is 8.91. The van der Waals surface area contributed by atoms with Gasteiger partial charge in [0.25, 0.3) is 0 Å². The number of benzene rings is 2. The van der Waals surface area contributed by atoms with Gasteiger partial charge in [-0.3, -0.25) is 4.79 Å². The standard InChI is InChI=1S/C27H40N2O5/c1-19(2)27(26(28)30,21-10-12-23(32-5)25(18-21)34-7)14-8-15-29(3)16-13-20-9-11-22(31-4)24(17-20)33-6/h9-12,17-19H,8,13-16H2,1-7H3,(H2,28,30). The Morgan fingerprint density at radius 1 is 0.882 bits per heavy atom. The van der Waals surface area contributed by atoms with Crippen LogP contribution in [0, 0.1) is 5.92 Å². The van der Waals surface area contributed by atoms with Crippen molar-refractivity contribution in [3.63, 3.8) is 0 Å². The van der Waals surface area contributed by atoms with Crippen molar-refractivity contribution < 1.29 is 23.7 Å². The Morgan fingerprint density at radius 2 is 1.44 bits per heavy atom. The van der Waals surface area contributed by atoms with E-state index in [0.717, 1.165) is 43.0 Å². The van der Waals surface area contributed by atoms with E-state index in [1.807, 2.05) is 44.2 Å². The number of ether oxygens (including phenoxy) is 4. The zero-order chi connectivity index (χ0) is 25.3. The van der Waals surface area contributed by atoms with Crippen LogP contribution in [0.3, 0.4) is 0 Å². The number of nitrogens with zero attached hydrogens (tertiary/aromatic N) is 1. The van der Waals surface area contributed by atoms with Crippen molar-refractivity contribution in [1.29, 1.82) is 0 Å². The van der Waals surface area contributed by atoms with Gasteiger partial charge in [0.05, 0.1) is 33.9 Å². The highest BCUT2D eigenvalue weighted by Gasteiger charge is 2.41. The van der Waals surface area contributed by atoms with Gasteiger partial charge in [-0.2, -0.15) is 0 Å². The first-order valence-corrected chi connectivity index (χ1v) is 11.6. The third-order valence-corrected chi connectivity index (χ3v) is 6.67. The van der Waals surface area contributed by atoms with Gasteiger partial charge in [-0.1, -0.05) is 26.0 Å². The maximum Gasteiger partial charge on any atom is 0.228 e. The summed E-state index contributed by atoms with van der Waals surface area (Å²) in [5, 5.41) is 0. The molecule has 0 fully saturated rings. The zero-order valence-electron chi connectivity index (χ0n) is 21.6. The van der Waals surface area contributed by atoms with E-state index in [-0.39, 0.29) is 11.8 Å². The summed E-state index contributed by atoms with van der Waals surface area (Å²) in [6.45, 7) is 5.82. The molecule has 0 heterocycles. The first-order valence-electron chi connectivity index (χ1n) is 11.6. The van der Waals surface area contributed by atoms with Crippen LogP contribution in [0.4, 0.5) is 0 Å². The van der Waals surface area contributed by atoms with Gasteiger partial charge in [0.2, 0.25) is 5.91 Å². The maximum absolute atomic E-state index is 12.8. The highest BCUT2D eigenvalue weighted by Crippen LogP contribution is 2.40. The molecule has 2 N–H and O–H groups in total. The van der Waals surface area contributed by atoms with Crippen molar-refractivity contribution in [1.82, 2.24) is 4.90 Å². The van der Waals surface area contributed by atoms with Crippen LogP contribution in [0.2, 0.25) is 0 Å². The Labute approximate surface area is 204 Å². The van der Waals surface area contributed by atoms with Crippen molar-refractivity contribution in [2.45, 2.75) is 38.5 Å². The van der Waals surface area contributed by atoms with Crippen LogP contribution in [-0.2, 0) is 16.6 Å². The SMILES string of the molecule is COc1ccc(CCN(C)CCCC(C(N)=O)(c2ccc(OC)c(OC)c2)C(C)C)cc1OC. The monoisotopic (exact) mass is 472 g/mol. The third kappa shape index (κ3) is 6.14. The second-order valence-electron chi connectivity index (χ2n) is 8.91. The molecule has 0 saturated heterocycles. The van der Waals surface area contributed by atoms with Crippen molar-refractivity contribution in [3.8, 4) is 23.0 Å². The van der Waals surface area contributed by atoms with Gasteiger partial charge < -0.3 is 29.6 Å². The normalized spacial score (nSPS) is 13.0. The number of primary amides is 1. The van der Waals surface area contributed by atoms with Crippen molar-refractivity contribution in [2.24, 2.45) is 11.7 Å². The van der Waals surface area contributed by atoms with Crippen LogP contribution in [0.15, 0.2) is 36.4 Å². The average Bonchev–Trinajstić information content (AvgIpc) is 2.84. The molecule has 1 atom stereocenters. The minimum absolute atomic E-state index is 0.0279. The molecule has 0 radical (unpaired) electrons. The Kier molecular flexibility index (Phi) is 10.1. The zero-order valence-corrected chi connectivity index (χ0v) is 21.6. The predicted molar refractivity (Wildman–Crippen MR) is 135 cm³/mol. The third-order valence-electron chi connectivity index (χ3n) is 6.67. The van der Waals surface area contributed by atoms with Crippen LogP contribution in [0.1, 0.15) is 37.8 Å². The van der Waals surface area contributed by atoms with E-state index >= 15 is 0 Å². The summed E-state index contributed by atoms with van der Waals surface area (Å²) in [6, 6.07) is 11.6. The Bertz CT molecular complexity index is 947. The molecule has 2 aromatic rings. The minimum atomic E-state index is -0.788. The summed E-state index contributed by atoms with van der Waals surface area (Å²) < 4.78 is 21.6. The molecule has 188 valence electrons. The van der Waals surface area contributed by atoms with E-state index in [0.29, 0.717) is 17.9 Å². The second kappa shape index (κ2) is 12.5. The van der Waals surface area contributed by atoms with Gasteiger partial charge in [0.15, 0.2) is 23.0 Å². The topological polar surface area (TPSA) is 83.3 Å². The molecule has 0 aliphatic carbocycles. The summed E-state index contributed by atoms with van der Waals surface area (Å²) in [4.78, 5) is 15.1. The Morgan fingerprint density at radius 3 is 1.97 bits per heavy atom. The number of carbonyl (C=O) groups is 1. The minimum Gasteiger partial charge on any atom is -0.493 e. The maximum atomic E-state index is 12.8. The molecule has 34 heavy (non-hydrogen) atoms. The highest BCUT2D eigenvalue weighted by molar-refractivity contribution is 5.87. The number of methoxy groups -OCH3 is 4. The van der Waals surface area contributed by atoms with Crippen LogP contribution < -0.4 is 24.7 Å². The molecule has 1 amide bonds. The van der Waals surface area contributed by atoms with Crippen molar-refractivity contribution in [2.75, 3.05) is 48.6 Å². The molecule has 0 bridgehead atoms. The van der Waals surface area contributed by atoms with Gasteiger partial charge in [-0.25, -0.2) is 0 Å². The summed E-state index contributed by atoms with van der Waals surface area (Å²) in [5.41, 5.74) is 7.28. The number of rotatable bonds is 14. The predicted octanol–water partition coefficient (Wildman–Crippen LogP) is 4.05. The molecule has 7 heteroatoms. The van der Waals surface area contributed by atoms with Gasteiger partial charge >= 0.3 is 0 Å². The van der Waals surface area contributed by atoms with Crippen LogP contribution in [-0.4, -0.2) is 59.4 Å². The number of hydrogen-bond donors (Lipinski definition) is 1. The smallest absolute Gasteiger partial charge is 0.228 e. The number of amides is 1. The van der Waals surface area contributed by atoms with E-state index in [9.17, 15) is 4.79 Å². The fourth-order valence-corrected chi connectivity index (χ4v) is 4.53.